The van der Waals surface area contributed by atoms with Gasteiger partial charge in [-0.25, -0.2) is 0 Å². The van der Waals surface area contributed by atoms with Crippen LogP contribution in [0.25, 0.3) is 0 Å². The van der Waals surface area contributed by atoms with E-state index in [1.165, 1.54) is 11.3 Å². The fourth-order valence-corrected chi connectivity index (χ4v) is 2.44. The van der Waals surface area contributed by atoms with Gasteiger partial charge in [-0.15, -0.1) is 0 Å². The van der Waals surface area contributed by atoms with E-state index in [0.717, 1.165) is 11.8 Å². The van der Waals surface area contributed by atoms with E-state index in [9.17, 15) is 0 Å². The first-order chi connectivity index (χ1) is 4.97. The number of rotatable bonds is 2. The van der Waals surface area contributed by atoms with Crippen LogP contribution in [-0.4, -0.2) is 15.3 Å². The molecule has 0 spiro atoms. The monoisotopic (exact) mass is 209 g/mol. The average Bonchev–Trinajstić information content (AvgIpc) is 2.10. The Balaban J connectivity index is 2.73. The third-order valence-corrected chi connectivity index (χ3v) is 2.69. The minimum absolute atomic E-state index is 0.580. The normalized spacial score (nSPS) is 11.9. The molecule has 0 atom stereocenters. The summed E-state index contributed by atoms with van der Waals surface area (Å²) in [5.41, 5.74) is 15.9. The highest BCUT2D eigenvalue weighted by Gasteiger charge is 2.15. The van der Waals surface area contributed by atoms with Crippen LogP contribution in [0, 0.1) is 3.95 Å². The molecule has 0 fully saturated rings. The second-order valence-corrected chi connectivity index (χ2v) is 5.06. The van der Waals surface area contributed by atoms with Crippen LogP contribution in [0.3, 0.4) is 0 Å². The van der Waals surface area contributed by atoms with E-state index in [1.54, 1.807) is 0 Å². The molecule has 1 heterocycles. The summed E-state index contributed by atoms with van der Waals surface area (Å²) in [6.45, 7) is 0. The maximum atomic E-state index is 5.31. The lowest BCUT2D eigenvalue weighted by atomic mass is 11.0. The highest BCUT2D eigenvalue weighted by molar-refractivity contribution is 8.02. The van der Waals surface area contributed by atoms with E-state index in [0.29, 0.717) is 8.29 Å². The van der Waals surface area contributed by atoms with Crippen molar-refractivity contribution in [1.29, 1.82) is 0 Å². The first kappa shape index (κ1) is 9.10. The topological polar surface area (TPSA) is 107 Å². The first-order valence-corrected chi connectivity index (χ1v) is 4.63. The molecular weight excluding hydrogens is 202 g/mol. The number of nitrogens with zero attached hydrogens (tertiary/aromatic N) is 1. The Bertz CT molecular complexity index is 282. The summed E-state index contributed by atoms with van der Waals surface area (Å²) >= 11 is 7.14. The number of hydrogen-bond donors (Lipinski definition) is 4. The SMILES string of the molecule is NC(N)(N)Sc1n[nH]c(=S)s1. The lowest BCUT2D eigenvalue weighted by Crippen LogP contribution is -2.54. The van der Waals surface area contributed by atoms with Gasteiger partial charge in [0, 0.05) is 0 Å². The highest BCUT2D eigenvalue weighted by atomic mass is 32.2. The van der Waals surface area contributed by atoms with Crippen molar-refractivity contribution in [2.75, 3.05) is 0 Å². The molecule has 8 heteroatoms. The summed E-state index contributed by atoms with van der Waals surface area (Å²) in [5.74, 6) is 0. The molecule has 7 N–H and O–H groups in total. The summed E-state index contributed by atoms with van der Waals surface area (Å²) in [7, 11) is 0. The zero-order valence-electron chi connectivity index (χ0n) is 5.40. The second kappa shape index (κ2) is 3.17. The standard InChI is InChI=1S/C3H7N5S3/c4-3(5,6)11-2-8-7-1(9)10-2/h4-6H2,(H,7,9). The molecule has 0 aromatic carbocycles. The lowest BCUT2D eigenvalue weighted by Gasteiger charge is -2.14. The molecule has 62 valence electrons. The van der Waals surface area contributed by atoms with Crippen LogP contribution in [0.5, 0.6) is 0 Å². The van der Waals surface area contributed by atoms with Gasteiger partial charge in [0.1, 0.15) is 0 Å². The van der Waals surface area contributed by atoms with E-state index < -0.39 is 5.12 Å². The molecule has 0 amide bonds. The van der Waals surface area contributed by atoms with Crippen molar-refractivity contribution in [2.24, 2.45) is 17.2 Å². The van der Waals surface area contributed by atoms with E-state index in [2.05, 4.69) is 10.2 Å². The number of nitrogens with two attached hydrogens (primary N) is 3. The van der Waals surface area contributed by atoms with E-state index >= 15 is 0 Å². The van der Waals surface area contributed by atoms with Crippen molar-refractivity contribution in [3.8, 4) is 0 Å². The molecule has 0 saturated carbocycles. The van der Waals surface area contributed by atoms with Gasteiger partial charge in [-0.1, -0.05) is 11.3 Å². The number of aromatic nitrogens is 2. The second-order valence-electron chi connectivity index (χ2n) is 1.83. The molecule has 5 nitrogen and oxygen atoms in total. The van der Waals surface area contributed by atoms with Crippen LogP contribution in [0.4, 0.5) is 0 Å². The van der Waals surface area contributed by atoms with Gasteiger partial charge in [-0.3, -0.25) is 22.3 Å². The van der Waals surface area contributed by atoms with Gasteiger partial charge < -0.3 is 0 Å². The highest BCUT2D eigenvalue weighted by Crippen LogP contribution is 2.23. The third-order valence-electron chi connectivity index (χ3n) is 0.683. The van der Waals surface area contributed by atoms with E-state index in [-0.39, 0.29) is 0 Å². The van der Waals surface area contributed by atoms with Crippen LogP contribution in [-0.2, 0) is 0 Å². The minimum atomic E-state index is -1.28. The molecular formula is C3H7N5S3. The Kier molecular flexibility index (Phi) is 2.62. The molecule has 0 unspecified atom stereocenters. The van der Waals surface area contributed by atoms with Crippen molar-refractivity contribution in [1.82, 2.24) is 10.2 Å². The summed E-state index contributed by atoms with van der Waals surface area (Å²) in [6, 6.07) is 0. The minimum Gasteiger partial charge on any atom is -0.292 e. The summed E-state index contributed by atoms with van der Waals surface area (Å²) in [4.78, 5) is 0. The van der Waals surface area contributed by atoms with Gasteiger partial charge in [0.15, 0.2) is 13.4 Å². The van der Waals surface area contributed by atoms with Gasteiger partial charge in [0.2, 0.25) is 0 Å². The van der Waals surface area contributed by atoms with Crippen LogP contribution >= 0.6 is 35.3 Å². The molecule has 0 bridgehead atoms. The van der Waals surface area contributed by atoms with Crippen LogP contribution < -0.4 is 17.2 Å². The molecule has 0 aliphatic carbocycles. The Hall–Kier alpha value is 0.01000. The Morgan fingerprint density at radius 3 is 2.55 bits per heavy atom. The summed E-state index contributed by atoms with van der Waals surface area (Å²) in [6.07, 6.45) is 0. The van der Waals surface area contributed by atoms with Crippen molar-refractivity contribution >= 4 is 35.3 Å². The van der Waals surface area contributed by atoms with Crippen molar-refractivity contribution in [2.45, 2.75) is 9.46 Å². The fraction of sp³-hybridized carbons (Fsp3) is 0.333. The molecule has 1 aromatic heterocycles. The Morgan fingerprint density at radius 1 is 1.55 bits per heavy atom. The van der Waals surface area contributed by atoms with Crippen molar-refractivity contribution in [3.05, 3.63) is 3.95 Å². The average molecular weight is 209 g/mol. The number of aromatic amines is 1. The maximum Gasteiger partial charge on any atom is 0.177 e. The first-order valence-electron chi connectivity index (χ1n) is 2.58. The van der Waals surface area contributed by atoms with E-state index in [4.69, 9.17) is 29.4 Å². The van der Waals surface area contributed by atoms with Crippen LogP contribution in [0.2, 0.25) is 0 Å². The van der Waals surface area contributed by atoms with Crippen molar-refractivity contribution in [3.63, 3.8) is 0 Å². The number of hydrogen-bond acceptors (Lipinski definition) is 7. The van der Waals surface area contributed by atoms with Gasteiger partial charge in [0.25, 0.3) is 0 Å². The third kappa shape index (κ3) is 3.27. The smallest absolute Gasteiger partial charge is 0.177 e. The zero-order valence-corrected chi connectivity index (χ0v) is 7.85. The van der Waals surface area contributed by atoms with Crippen molar-refractivity contribution < 1.29 is 0 Å². The largest absolute Gasteiger partial charge is 0.292 e. The molecule has 0 radical (unpaired) electrons. The predicted molar refractivity (Wildman–Crippen MR) is 48.4 cm³/mol. The number of thioether (sulfide) groups is 1. The molecule has 0 aliphatic rings. The van der Waals surface area contributed by atoms with Gasteiger partial charge in [-0.2, -0.15) is 5.10 Å². The molecule has 0 saturated heterocycles. The molecule has 1 rings (SSSR count). The lowest BCUT2D eigenvalue weighted by molar-refractivity contribution is 0.677. The predicted octanol–water partition coefficient (Wildman–Crippen LogP) is -0.220. The van der Waals surface area contributed by atoms with Gasteiger partial charge in [-0.05, 0) is 24.0 Å². The van der Waals surface area contributed by atoms with E-state index in [1.807, 2.05) is 0 Å². The van der Waals surface area contributed by atoms with Gasteiger partial charge in [0.05, 0.1) is 0 Å². The Labute approximate surface area is 76.3 Å². The Morgan fingerprint density at radius 2 is 2.18 bits per heavy atom. The summed E-state index contributed by atoms with van der Waals surface area (Å²) < 4.78 is 1.22. The van der Waals surface area contributed by atoms with Crippen LogP contribution in [0.15, 0.2) is 4.34 Å². The number of nitrogens with one attached hydrogen (secondary N) is 1. The quantitative estimate of drug-likeness (QED) is 0.305. The van der Waals surface area contributed by atoms with Gasteiger partial charge >= 0.3 is 0 Å². The summed E-state index contributed by atoms with van der Waals surface area (Å²) in [5, 5.41) is 5.12. The zero-order chi connectivity index (χ0) is 8.48. The maximum absolute atomic E-state index is 5.31. The molecule has 1 aromatic rings. The van der Waals surface area contributed by atoms with Crippen LogP contribution in [0.1, 0.15) is 0 Å². The fourth-order valence-electron chi connectivity index (χ4n) is 0.411. The molecule has 0 aliphatic heterocycles. The number of H-pyrrole nitrogens is 1. The molecule has 11 heavy (non-hydrogen) atoms.